The first kappa shape index (κ1) is 57.0. The Morgan fingerprint density at radius 2 is 1.00 bits per heavy atom. The molecule has 6 nitrogen and oxygen atoms in total. The van der Waals surface area contributed by atoms with Crippen LogP contribution < -0.4 is 5.32 Å². The highest BCUT2D eigenvalue weighted by atomic mass is 16.5. The van der Waals surface area contributed by atoms with E-state index in [2.05, 4.69) is 50.4 Å². The summed E-state index contributed by atoms with van der Waals surface area (Å²) in [5.74, 6) is -0.657. The Hall–Kier alpha value is -2.96. The largest absolute Gasteiger partial charge is 0.458 e. The van der Waals surface area contributed by atoms with Gasteiger partial charge in [-0.15, -0.1) is 0 Å². The molecule has 0 radical (unpaired) electrons. The smallest absolute Gasteiger partial charge is 0.306 e. The van der Waals surface area contributed by atoms with Gasteiger partial charge in [-0.2, -0.15) is 0 Å². The number of hydrogen-bond donors (Lipinski definition) is 3. The fraction of sp³-hybridized carbons (Fsp3) is 0.704. The first-order valence-electron chi connectivity index (χ1n) is 24.9. The number of hydrogen-bond acceptors (Lipinski definition) is 5. The Kier molecular flexibility index (Phi) is 44.8. The normalized spacial score (nSPS) is 14.0. The number of esters is 1. The van der Waals surface area contributed by atoms with Gasteiger partial charge in [0.05, 0.1) is 25.2 Å². The van der Waals surface area contributed by atoms with Crippen molar-refractivity contribution in [3.63, 3.8) is 0 Å². The molecule has 3 atom stereocenters. The summed E-state index contributed by atoms with van der Waals surface area (Å²) >= 11 is 0. The van der Waals surface area contributed by atoms with Crippen LogP contribution in [-0.2, 0) is 14.3 Å². The van der Waals surface area contributed by atoms with E-state index in [-0.39, 0.29) is 24.9 Å². The fourth-order valence-corrected chi connectivity index (χ4v) is 7.06. The summed E-state index contributed by atoms with van der Waals surface area (Å²) in [7, 11) is 0. The number of rotatable bonds is 43. The van der Waals surface area contributed by atoms with Crippen LogP contribution in [0.2, 0.25) is 0 Å². The molecule has 0 saturated heterocycles. The van der Waals surface area contributed by atoms with Crippen LogP contribution in [0.4, 0.5) is 0 Å². The van der Waals surface area contributed by atoms with Crippen LogP contribution in [0.25, 0.3) is 0 Å². The number of aliphatic hydroxyl groups is 2. The third-order valence-corrected chi connectivity index (χ3v) is 10.8. The van der Waals surface area contributed by atoms with Gasteiger partial charge in [0.25, 0.3) is 0 Å². The van der Waals surface area contributed by atoms with Gasteiger partial charge in [0.1, 0.15) is 6.10 Å². The minimum absolute atomic E-state index is 0.0500. The van der Waals surface area contributed by atoms with Gasteiger partial charge >= 0.3 is 5.97 Å². The maximum Gasteiger partial charge on any atom is 0.306 e. The van der Waals surface area contributed by atoms with Gasteiger partial charge in [0.15, 0.2) is 0 Å². The molecule has 0 spiro atoms. The highest BCUT2D eigenvalue weighted by Gasteiger charge is 2.23. The zero-order chi connectivity index (χ0) is 43.8. The molecule has 3 N–H and O–H groups in total. The molecule has 60 heavy (non-hydrogen) atoms. The predicted octanol–water partition coefficient (Wildman–Crippen LogP) is 14.8. The average molecular weight is 836 g/mol. The Morgan fingerprint density at radius 1 is 0.533 bits per heavy atom. The second kappa shape index (κ2) is 47.1. The number of ether oxygens (including phenoxy) is 1. The zero-order valence-electron chi connectivity index (χ0n) is 39.1. The lowest BCUT2D eigenvalue weighted by atomic mass is 10.0. The lowest BCUT2D eigenvalue weighted by Crippen LogP contribution is -2.46. The van der Waals surface area contributed by atoms with E-state index in [1.807, 2.05) is 54.7 Å². The number of carbonyl (C=O) groups is 2. The molecule has 0 rings (SSSR count). The number of allylic oxidation sites excluding steroid dienone is 13. The van der Waals surface area contributed by atoms with Crippen LogP contribution in [-0.4, -0.2) is 46.9 Å². The topological polar surface area (TPSA) is 95.9 Å². The molecule has 1 amide bonds. The molecule has 0 aromatic heterocycles. The summed E-state index contributed by atoms with van der Waals surface area (Å²) in [6, 6.07) is -0.745. The molecule has 3 unspecified atom stereocenters. The van der Waals surface area contributed by atoms with Gasteiger partial charge in [0, 0.05) is 6.42 Å². The van der Waals surface area contributed by atoms with E-state index in [4.69, 9.17) is 4.74 Å². The highest BCUT2D eigenvalue weighted by molar-refractivity contribution is 5.78. The summed E-state index contributed by atoms with van der Waals surface area (Å²) in [5, 5.41) is 23.7. The molecule has 6 heteroatoms. The minimum Gasteiger partial charge on any atom is -0.458 e. The molecule has 0 fully saturated rings. The molecule has 344 valence electrons. The molecule has 0 aliphatic heterocycles. The zero-order valence-corrected chi connectivity index (χ0v) is 39.1. The van der Waals surface area contributed by atoms with Crippen LogP contribution in [0.3, 0.4) is 0 Å². The third kappa shape index (κ3) is 41.8. The number of unbranched alkanes of at least 4 members (excludes halogenated alkanes) is 23. The molecular formula is C54H93NO5. The molecule has 0 bridgehead atoms. The fourth-order valence-electron chi connectivity index (χ4n) is 7.06. The average Bonchev–Trinajstić information content (AvgIpc) is 3.24. The highest BCUT2D eigenvalue weighted by Crippen LogP contribution is 2.16. The van der Waals surface area contributed by atoms with E-state index in [9.17, 15) is 19.8 Å². The quantitative estimate of drug-likeness (QED) is 0.0246. The third-order valence-electron chi connectivity index (χ3n) is 10.8. The summed E-state index contributed by atoms with van der Waals surface area (Å²) in [6.07, 6.45) is 61.0. The van der Waals surface area contributed by atoms with E-state index >= 15 is 0 Å². The predicted molar refractivity (Wildman–Crippen MR) is 259 cm³/mol. The van der Waals surface area contributed by atoms with Crippen molar-refractivity contribution >= 4 is 11.9 Å². The first-order chi connectivity index (χ1) is 29.5. The summed E-state index contributed by atoms with van der Waals surface area (Å²) in [5.41, 5.74) is 0. The van der Waals surface area contributed by atoms with Gasteiger partial charge < -0.3 is 20.3 Å². The maximum absolute atomic E-state index is 13.1. The molecule has 0 aliphatic rings. The van der Waals surface area contributed by atoms with Crippen LogP contribution in [0, 0.1) is 0 Å². The number of aliphatic hydroxyl groups excluding tert-OH is 2. The molecule has 0 heterocycles. The monoisotopic (exact) mass is 836 g/mol. The minimum atomic E-state index is -0.822. The summed E-state index contributed by atoms with van der Waals surface area (Å²) < 4.78 is 5.79. The first-order valence-corrected chi connectivity index (χ1v) is 24.9. The van der Waals surface area contributed by atoms with Crippen molar-refractivity contribution in [3.05, 3.63) is 85.1 Å². The van der Waals surface area contributed by atoms with Gasteiger partial charge in [-0.1, -0.05) is 235 Å². The standard InChI is InChI=1S/C54H93NO5/c1-4-7-10-13-16-19-22-24-26-28-31-34-37-40-43-46-52(57)51(49-56)55-53(58)48-50(45-42-39-36-33-30-21-18-15-12-9-6-3)60-54(59)47-44-41-38-35-32-29-27-25-23-20-17-14-11-8-5-2/h8,11,14,17,20,23,25,27,29,32-33,36,42,45,50-52,56-57H,4-7,9-10,12-13,15-16,18-19,21-22,24,26,28,30-31,34-35,37-41,43-44,46-49H2,1-3H3,(H,55,58)/b11-8+,17-14+,23-20-,27-25-,32-29+,36-33-,45-42+. The van der Waals surface area contributed by atoms with Gasteiger partial charge in [-0.3, -0.25) is 9.59 Å². The molecule has 0 aliphatic carbocycles. The lowest BCUT2D eigenvalue weighted by molar-refractivity contribution is -0.148. The van der Waals surface area contributed by atoms with E-state index in [0.717, 1.165) is 57.8 Å². The lowest BCUT2D eigenvalue weighted by Gasteiger charge is -2.23. The van der Waals surface area contributed by atoms with Crippen molar-refractivity contribution in [2.45, 2.75) is 238 Å². The Morgan fingerprint density at radius 3 is 1.53 bits per heavy atom. The second-order valence-electron chi connectivity index (χ2n) is 16.6. The SMILES string of the molecule is CC/C=C/C=C/C=C\C=C/C=C/CCCCCC(=O)OC(/C=C/C/C=C\CCCCCCCC)CC(=O)NC(CO)C(O)CCCCCCCCCCCCCCCCC. The molecule has 0 saturated carbocycles. The summed E-state index contributed by atoms with van der Waals surface area (Å²) in [4.78, 5) is 26.0. The molecule has 0 aromatic carbocycles. The van der Waals surface area contributed by atoms with Gasteiger partial charge in [-0.25, -0.2) is 0 Å². The van der Waals surface area contributed by atoms with E-state index in [1.54, 1.807) is 6.08 Å². The van der Waals surface area contributed by atoms with E-state index in [0.29, 0.717) is 19.3 Å². The van der Waals surface area contributed by atoms with Crippen LogP contribution in [0.15, 0.2) is 85.1 Å². The van der Waals surface area contributed by atoms with Crippen molar-refractivity contribution in [1.82, 2.24) is 5.32 Å². The van der Waals surface area contributed by atoms with Gasteiger partial charge in [0.2, 0.25) is 5.91 Å². The number of amides is 1. The Bertz CT molecular complexity index is 1160. The van der Waals surface area contributed by atoms with Crippen molar-refractivity contribution in [3.8, 4) is 0 Å². The summed E-state index contributed by atoms with van der Waals surface area (Å²) in [6.45, 7) is 6.28. The van der Waals surface area contributed by atoms with Crippen LogP contribution >= 0.6 is 0 Å². The van der Waals surface area contributed by atoms with Crippen molar-refractivity contribution in [2.24, 2.45) is 0 Å². The number of nitrogens with one attached hydrogen (secondary N) is 1. The molecular weight excluding hydrogens is 743 g/mol. The van der Waals surface area contributed by atoms with Crippen LogP contribution in [0.1, 0.15) is 220 Å². The Balaban J connectivity index is 4.69. The van der Waals surface area contributed by atoms with Gasteiger partial charge in [-0.05, 0) is 57.4 Å². The maximum atomic E-state index is 13.1. The molecule has 0 aromatic rings. The van der Waals surface area contributed by atoms with E-state index < -0.39 is 18.2 Å². The number of carbonyl (C=O) groups excluding carboxylic acids is 2. The van der Waals surface area contributed by atoms with E-state index in [1.165, 1.54) is 116 Å². The second-order valence-corrected chi connectivity index (χ2v) is 16.6. The Labute approximate surface area is 370 Å². The van der Waals surface area contributed by atoms with Crippen LogP contribution in [0.5, 0.6) is 0 Å². The van der Waals surface area contributed by atoms with Crippen molar-refractivity contribution in [2.75, 3.05) is 6.61 Å². The van der Waals surface area contributed by atoms with Crippen molar-refractivity contribution in [1.29, 1.82) is 0 Å². The van der Waals surface area contributed by atoms with Crippen molar-refractivity contribution < 1.29 is 24.5 Å².